The molecule has 1 amide bonds. The van der Waals surface area contributed by atoms with Crippen LogP contribution in [-0.2, 0) is 30.4 Å². The summed E-state index contributed by atoms with van der Waals surface area (Å²) in [6, 6.07) is 9.35. The molecule has 0 bridgehead atoms. The Balaban J connectivity index is 1.85. The zero-order chi connectivity index (χ0) is 18.2. The fourth-order valence-electron chi connectivity index (χ4n) is 2.63. The van der Waals surface area contributed by atoms with Crippen molar-refractivity contribution in [2.45, 2.75) is 20.5 Å². The maximum atomic E-state index is 12.0. The number of esters is 2. The van der Waals surface area contributed by atoms with Crippen molar-refractivity contribution < 1.29 is 28.6 Å². The van der Waals surface area contributed by atoms with E-state index in [9.17, 15) is 14.4 Å². The molecule has 0 aliphatic carbocycles. The molecule has 0 radical (unpaired) electrons. The minimum absolute atomic E-state index is 0.181. The van der Waals surface area contributed by atoms with Crippen LogP contribution in [0.3, 0.4) is 0 Å². The topological polar surface area (TPSA) is 82.1 Å². The van der Waals surface area contributed by atoms with Crippen LogP contribution in [0, 0.1) is 11.8 Å². The molecular weight excluding hydrogens is 326 g/mol. The molecule has 2 rings (SSSR count). The van der Waals surface area contributed by atoms with Gasteiger partial charge in [0, 0.05) is 19.0 Å². The van der Waals surface area contributed by atoms with Gasteiger partial charge in [0.25, 0.3) is 0 Å². The van der Waals surface area contributed by atoms with Crippen LogP contribution in [0.15, 0.2) is 30.3 Å². The van der Waals surface area contributed by atoms with Crippen LogP contribution in [-0.4, -0.2) is 49.2 Å². The standard InChI is InChI=1S/C18H23NO6/c1-3-23-16(20)15(17(21)24-4-2)14-10-19(11-14)18(22)25-12-13-8-6-5-7-9-13/h5-9,14-15H,3-4,10-12H2,1-2H3. The Morgan fingerprint density at radius 3 is 2.08 bits per heavy atom. The molecule has 0 atom stereocenters. The second-order valence-corrected chi connectivity index (χ2v) is 5.69. The van der Waals surface area contributed by atoms with Crippen LogP contribution in [0.4, 0.5) is 4.79 Å². The second-order valence-electron chi connectivity index (χ2n) is 5.69. The molecule has 1 saturated heterocycles. The smallest absolute Gasteiger partial charge is 0.410 e. The Bertz CT molecular complexity index is 579. The van der Waals surface area contributed by atoms with Crippen LogP contribution < -0.4 is 0 Å². The fourth-order valence-corrected chi connectivity index (χ4v) is 2.63. The van der Waals surface area contributed by atoms with Crippen molar-refractivity contribution in [3.63, 3.8) is 0 Å². The molecule has 7 heteroatoms. The first-order chi connectivity index (χ1) is 12.1. The third-order valence-electron chi connectivity index (χ3n) is 3.93. The molecule has 25 heavy (non-hydrogen) atoms. The predicted octanol–water partition coefficient (Wildman–Crippen LogP) is 2.00. The SMILES string of the molecule is CCOC(=O)C(C(=O)OCC)C1CN(C(=O)OCc2ccccc2)C1. The first kappa shape index (κ1) is 18.8. The van der Waals surface area contributed by atoms with Crippen LogP contribution in [0.2, 0.25) is 0 Å². The van der Waals surface area contributed by atoms with Gasteiger partial charge >= 0.3 is 18.0 Å². The van der Waals surface area contributed by atoms with Crippen molar-refractivity contribution >= 4 is 18.0 Å². The highest BCUT2D eigenvalue weighted by Gasteiger charge is 2.45. The first-order valence-electron chi connectivity index (χ1n) is 8.35. The van der Waals surface area contributed by atoms with Gasteiger partial charge in [0.05, 0.1) is 13.2 Å². The van der Waals surface area contributed by atoms with Gasteiger partial charge in [0.1, 0.15) is 6.61 Å². The lowest BCUT2D eigenvalue weighted by atomic mass is 9.86. The second kappa shape index (κ2) is 9.05. The van der Waals surface area contributed by atoms with E-state index in [2.05, 4.69) is 0 Å². The molecule has 1 aliphatic rings. The van der Waals surface area contributed by atoms with E-state index in [1.165, 1.54) is 4.90 Å². The summed E-state index contributed by atoms with van der Waals surface area (Å²) in [5.74, 6) is -2.54. The maximum Gasteiger partial charge on any atom is 0.410 e. The monoisotopic (exact) mass is 349 g/mol. The number of ether oxygens (including phenoxy) is 3. The van der Waals surface area contributed by atoms with Crippen molar-refractivity contribution in [1.82, 2.24) is 4.90 Å². The maximum absolute atomic E-state index is 12.0. The first-order valence-corrected chi connectivity index (χ1v) is 8.35. The Labute approximate surface area is 146 Å². The molecule has 0 spiro atoms. The van der Waals surface area contributed by atoms with E-state index in [0.717, 1.165) is 5.56 Å². The fraction of sp³-hybridized carbons (Fsp3) is 0.500. The molecule has 1 fully saturated rings. The lowest BCUT2D eigenvalue weighted by Crippen LogP contribution is -2.56. The van der Waals surface area contributed by atoms with Crippen LogP contribution in [0.1, 0.15) is 19.4 Å². The van der Waals surface area contributed by atoms with Gasteiger partial charge < -0.3 is 19.1 Å². The Morgan fingerprint density at radius 2 is 1.56 bits per heavy atom. The largest absolute Gasteiger partial charge is 0.465 e. The molecule has 0 N–H and O–H groups in total. The molecule has 7 nitrogen and oxygen atoms in total. The summed E-state index contributed by atoms with van der Waals surface area (Å²) in [5, 5.41) is 0. The summed E-state index contributed by atoms with van der Waals surface area (Å²) >= 11 is 0. The lowest BCUT2D eigenvalue weighted by Gasteiger charge is -2.40. The van der Waals surface area contributed by atoms with E-state index >= 15 is 0 Å². The minimum Gasteiger partial charge on any atom is -0.465 e. The molecule has 0 aromatic heterocycles. The van der Waals surface area contributed by atoms with E-state index in [1.807, 2.05) is 30.3 Å². The summed E-state index contributed by atoms with van der Waals surface area (Å²) in [4.78, 5) is 37.5. The van der Waals surface area contributed by atoms with Gasteiger partial charge in [-0.2, -0.15) is 0 Å². The number of likely N-dealkylation sites (tertiary alicyclic amines) is 1. The molecule has 0 saturated carbocycles. The molecular formula is C18H23NO6. The zero-order valence-electron chi connectivity index (χ0n) is 14.5. The number of carbonyl (C=O) groups excluding carboxylic acids is 3. The highest BCUT2D eigenvalue weighted by molar-refractivity contribution is 5.95. The van der Waals surface area contributed by atoms with E-state index in [1.54, 1.807) is 13.8 Å². The van der Waals surface area contributed by atoms with Gasteiger partial charge in [0.15, 0.2) is 5.92 Å². The van der Waals surface area contributed by atoms with Gasteiger partial charge in [0.2, 0.25) is 0 Å². The van der Waals surface area contributed by atoms with E-state index in [-0.39, 0.29) is 38.8 Å². The average Bonchev–Trinajstić information content (AvgIpc) is 2.56. The Hall–Kier alpha value is -2.57. The number of hydrogen-bond acceptors (Lipinski definition) is 6. The van der Waals surface area contributed by atoms with E-state index < -0.39 is 23.9 Å². The molecule has 1 aromatic rings. The summed E-state index contributed by atoms with van der Waals surface area (Å²) in [6.45, 7) is 4.42. The Morgan fingerprint density at radius 1 is 1.00 bits per heavy atom. The molecule has 1 heterocycles. The highest BCUT2D eigenvalue weighted by atomic mass is 16.6. The molecule has 136 valence electrons. The number of amides is 1. The average molecular weight is 349 g/mol. The normalized spacial score (nSPS) is 14.0. The summed E-state index contributed by atoms with van der Waals surface area (Å²) < 4.78 is 15.1. The van der Waals surface area contributed by atoms with E-state index in [0.29, 0.717) is 0 Å². The predicted molar refractivity (Wildman–Crippen MR) is 88.4 cm³/mol. The third-order valence-corrected chi connectivity index (χ3v) is 3.93. The quantitative estimate of drug-likeness (QED) is 0.425. The van der Waals surface area contributed by atoms with Gasteiger partial charge in [-0.25, -0.2) is 4.79 Å². The third kappa shape index (κ3) is 4.95. The summed E-state index contributed by atoms with van der Waals surface area (Å²) in [6.07, 6.45) is -0.466. The van der Waals surface area contributed by atoms with Crippen molar-refractivity contribution in [3.05, 3.63) is 35.9 Å². The summed E-state index contributed by atoms with van der Waals surface area (Å²) in [7, 11) is 0. The number of benzene rings is 1. The van der Waals surface area contributed by atoms with E-state index in [4.69, 9.17) is 14.2 Å². The van der Waals surface area contributed by atoms with Crippen molar-refractivity contribution in [2.75, 3.05) is 26.3 Å². The van der Waals surface area contributed by atoms with Gasteiger partial charge in [-0.15, -0.1) is 0 Å². The molecule has 1 aromatic carbocycles. The number of nitrogens with zero attached hydrogens (tertiary/aromatic N) is 1. The lowest BCUT2D eigenvalue weighted by molar-refractivity contribution is -0.167. The van der Waals surface area contributed by atoms with Crippen molar-refractivity contribution in [1.29, 1.82) is 0 Å². The van der Waals surface area contributed by atoms with Crippen molar-refractivity contribution in [2.24, 2.45) is 11.8 Å². The zero-order valence-corrected chi connectivity index (χ0v) is 14.5. The van der Waals surface area contributed by atoms with Crippen molar-refractivity contribution in [3.8, 4) is 0 Å². The van der Waals surface area contributed by atoms with Crippen LogP contribution >= 0.6 is 0 Å². The van der Waals surface area contributed by atoms with Gasteiger partial charge in [-0.1, -0.05) is 30.3 Å². The van der Waals surface area contributed by atoms with Crippen LogP contribution in [0.5, 0.6) is 0 Å². The summed E-state index contributed by atoms with van der Waals surface area (Å²) in [5.41, 5.74) is 0.892. The number of rotatable bonds is 7. The van der Waals surface area contributed by atoms with Gasteiger partial charge in [-0.05, 0) is 19.4 Å². The number of hydrogen-bond donors (Lipinski definition) is 0. The highest BCUT2D eigenvalue weighted by Crippen LogP contribution is 2.27. The van der Waals surface area contributed by atoms with Gasteiger partial charge in [-0.3, -0.25) is 9.59 Å². The molecule has 0 unspecified atom stereocenters. The Kier molecular flexibility index (Phi) is 6.80. The van der Waals surface area contributed by atoms with Crippen LogP contribution in [0.25, 0.3) is 0 Å². The number of carbonyl (C=O) groups is 3. The minimum atomic E-state index is -1.00. The molecule has 1 aliphatic heterocycles.